The highest BCUT2D eigenvalue weighted by molar-refractivity contribution is 5.84. The van der Waals surface area contributed by atoms with Crippen molar-refractivity contribution in [1.29, 1.82) is 0 Å². The van der Waals surface area contributed by atoms with Crippen LogP contribution in [-0.4, -0.2) is 20.6 Å². The molecule has 32 heavy (non-hydrogen) atoms. The SMILES string of the molecule is Cc1ncccc1Nc1cc2nc3ccccc3n(-c3ccccc3)c-2c/c1=N\C1CC1. The summed E-state index contributed by atoms with van der Waals surface area (Å²) in [7, 11) is 0. The zero-order valence-electron chi connectivity index (χ0n) is 17.9. The highest BCUT2D eigenvalue weighted by Crippen LogP contribution is 2.31. The van der Waals surface area contributed by atoms with E-state index >= 15 is 0 Å². The van der Waals surface area contributed by atoms with E-state index < -0.39 is 0 Å². The van der Waals surface area contributed by atoms with E-state index in [4.69, 9.17) is 9.98 Å². The lowest BCUT2D eigenvalue weighted by molar-refractivity contribution is 0.997. The van der Waals surface area contributed by atoms with Crippen LogP contribution in [0.3, 0.4) is 0 Å². The van der Waals surface area contributed by atoms with Crippen molar-refractivity contribution < 1.29 is 0 Å². The quantitative estimate of drug-likeness (QED) is 0.385. The zero-order chi connectivity index (χ0) is 21.5. The lowest BCUT2D eigenvalue weighted by Gasteiger charge is -2.20. The van der Waals surface area contributed by atoms with E-state index in [1.807, 2.05) is 37.4 Å². The Bertz CT molecular complexity index is 1470. The number of hydrogen-bond donors (Lipinski definition) is 1. The van der Waals surface area contributed by atoms with Crippen LogP contribution in [0.15, 0.2) is 90.1 Å². The Morgan fingerprint density at radius 3 is 2.53 bits per heavy atom. The van der Waals surface area contributed by atoms with Crippen LogP contribution in [0.25, 0.3) is 28.1 Å². The Morgan fingerprint density at radius 1 is 0.906 bits per heavy atom. The van der Waals surface area contributed by atoms with Gasteiger partial charge in [0.25, 0.3) is 0 Å². The summed E-state index contributed by atoms with van der Waals surface area (Å²) in [4.78, 5) is 14.5. The molecule has 0 bridgehead atoms. The van der Waals surface area contributed by atoms with Crippen molar-refractivity contribution in [2.45, 2.75) is 25.8 Å². The molecule has 1 fully saturated rings. The average Bonchev–Trinajstić information content (AvgIpc) is 3.64. The van der Waals surface area contributed by atoms with E-state index in [1.54, 1.807) is 0 Å². The van der Waals surface area contributed by atoms with Crippen LogP contribution in [0.5, 0.6) is 0 Å². The molecule has 0 unspecified atom stereocenters. The van der Waals surface area contributed by atoms with Crippen LogP contribution in [-0.2, 0) is 0 Å². The molecule has 0 radical (unpaired) electrons. The molecule has 1 N–H and O–H groups in total. The molecule has 1 saturated carbocycles. The second-order valence-corrected chi connectivity index (χ2v) is 8.25. The summed E-state index contributed by atoms with van der Waals surface area (Å²) < 4.78 is 2.28. The van der Waals surface area contributed by atoms with E-state index in [0.717, 1.165) is 63.4 Å². The summed E-state index contributed by atoms with van der Waals surface area (Å²) in [6.45, 7) is 2.01. The van der Waals surface area contributed by atoms with Gasteiger partial charge < -0.3 is 9.88 Å². The van der Waals surface area contributed by atoms with Gasteiger partial charge in [-0.15, -0.1) is 0 Å². The number of rotatable bonds is 4. The molecule has 2 heterocycles. The van der Waals surface area contributed by atoms with Crippen LogP contribution in [0.2, 0.25) is 0 Å². The van der Waals surface area contributed by atoms with Crippen molar-refractivity contribution in [3.8, 4) is 17.1 Å². The van der Waals surface area contributed by atoms with E-state index in [0.29, 0.717) is 6.04 Å². The summed E-state index contributed by atoms with van der Waals surface area (Å²) >= 11 is 0. The van der Waals surface area contributed by atoms with Gasteiger partial charge in [0.05, 0.1) is 50.9 Å². The highest BCUT2D eigenvalue weighted by Gasteiger charge is 2.22. The molecule has 2 aliphatic carbocycles. The molecule has 156 valence electrons. The fraction of sp³-hybridized carbons (Fsp3) is 0.148. The van der Waals surface area contributed by atoms with E-state index in [2.05, 4.69) is 69.5 Å². The average molecular weight is 418 g/mol. The first kappa shape index (κ1) is 18.8. The van der Waals surface area contributed by atoms with Gasteiger partial charge in [0.2, 0.25) is 0 Å². The summed E-state index contributed by atoms with van der Waals surface area (Å²) in [6.07, 6.45) is 4.11. The molecule has 5 nitrogen and oxygen atoms in total. The first-order valence-electron chi connectivity index (χ1n) is 11.0. The monoisotopic (exact) mass is 417 g/mol. The van der Waals surface area contributed by atoms with Crippen LogP contribution in [0, 0.1) is 6.92 Å². The van der Waals surface area contributed by atoms with E-state index in [9.17, 15) is 0 Å². The molecule has 0 atom stereocenters. The third-order valence-corrected chi connectivity index (χ3v) is 5.86. The van der Waals surface area contributed by atoms with Gasteiger partial charge in [0.15, 0.2) is 0 Å². The summed E-state index contributed by atoms with van der Waals surface area (Å²) in [5, 5.41) is 4.53. The zero-order valence-corrected chi connectivity index (χ0v) is 17.9. The lowest BCUT2D eigenvalue weighted by atomic mass is 10.1. The lowest BCUT2D eigenvalue weighted by Crippen LogP contribution is -2.16. The number of nitrogens with one attached hydrogen (secondary N) is 1. The van der Waals surface area contributed by atoms with Crippen LogP contribution in [0.4, 0.5) is 11.4 Å². The first-order chi connectivity index (χ1) is 15.8. The number of aryl methyl sites for hydroxylation is 1. The summed E-state index contributed by atoms with van der Waals surface area (Å²) in [6, 6.07) is 27.4. The fourth-order valence-electron chi connectivity index (χ4n) is 4.07. The number of nitrogens with zero attached hydrogens (tertiary/aromatic N) is 4. The van der Waals surface area contributed by atoms with Gasteiger partial charge in [-0.05, 0) is 68.3 Å². The van der Waals surface area contributed by atoms with Crippen molar-refractivity contribution in [3.05, 3.63) is 96.1 Å². The molecular weight excluding hydrogens is 394 g/mol. The van der Waals surface area contributed by atoms with Crippen molar-refractivity contribution in [2.24, 2.45) is 4.99 Å². The van der Waals surface area contributed by atoms with E-state index in [1.165, 1.54) is 0 Å². The summed E-state index contributed by atoms with van der Waals surface area (Å²) in [5.74, 6) is 0. The Morgan fingerprint density at radius 2 is 1.72 bits per heavy atom. The van der Waals surface area contributed by atoms with Gasteiger partial charge >= 0.3 is 0 Å². The fourth-order valence-corrected chi connectivity index (χ4v) is 4.07. The van der Waals surface area contributed by atoms with Gasteiger partial charge in [-0.25, -0.2) is 4.98 Å². The van der Waals surface area contributed by atoms with Crippen LogP contribution >= 0.6 is 0 Å². The molecule has 3 aromatic rings. The summed E-state index contributed by atoms with van der Waals surface area (Å²) in [5.41, 5.74) is 8.01. The number of benzene rings is 3. The molecule has 0 amide bonds. The maximum atomic E-state index is 5.04. The standard InChI is InChI=1S/C27H23N5/c1-18-21(11-7-15-28-18)30-23-16-25-27(17-24(23)29-19-13-14-19)32(20-8-3-2-4-9-20)26-12-6-5-10-22(26)31-25/h2-12,15-17,19,30H,13-14H2,1H3/b29-24+. The molecule has 0 saturated heterocycles. The van der Waals surface area contributed by atoms with Crippen molar-refractivity contribution in [2.75, 3.05) is 5.32 Å². The number of para-hydroxylation sites is 3. The van der Waals surface area contributed by atoms with Crippen molar-refractivity contribution in [1.82, 2.24) is 14.5 Å². The number of hydrogen-bond acceptors (Lipinski definition) is 4. The maximum absolute atomic E-state index is 5.04. The minimum atomic E-state index is 0.404. The largest absolute Gasteiger partial charge is 0.352 e. The van der Waals surface area contributed by atoms with Crippen molar-refractivity contribution in [3.63, 3.8) is 0 Å². The predicted octanol–water partition coefficient (Wildman–Crippen LogP) is 5.64. The Kier molecular flexibility index (Phi) is 4.46. The van der Waals surface area contributed by atoms with Gasteiger partial charge in [0, 0.05) is 11.9 Å². The van der Waals surface area contributed by atoms with Gasteiger partial charge in [-0.3, -0.25) is 9.98 Å². The van der Waals surface area contributed by atoms with Crippen LogP contribution < -0.4 is 10.7 Å². The van der Waals surface area contributed by atoms with Gasteiger partial charge in [-0.2, -0.15) is 0 Å². The minimum Gasteiger partial charge on any atom is -0.352 e. The first-order valence-corrected chi connectivity index (χ1v) is 11.0. The predicted molar refractivity (Wildman–Crippen MR) is 129 cm³/mol. The van der Waals surface area contributed by atoms with Crippen LogP contribution in [0.1, 0.15) is 18.5 Å². The van der Waals surface area contributed by atoms with Gasteiger partial charge in [0.1, 0.15) is 0 Å². The second kappa shape index (κ2) is 7.61. The highest BCUT2D eigenvalue weighted by atomic mass is 15.0. The molecule has 1 aromatic heterocycles. The third-order valence-electron chi connectivity index (χ3n) is 5.86. The maximum Gasteiger partial charge on any atom is 0.0900 e. The molecule has 3 aliphatic rings. The Balaban J connectivity index is 1.65. The number of pyridine rings is 1. The Hall–Kier alpha value is -3.99. The number of aromatic nitrogens is 3. The molecular formula is C27H23N5. The number of anilines is 2. The van der Waals surface area contributed by atoms with E-state index in [-0.39, 0.29) is 0 Å². The van der Waals surface area contributed by atoms with Crippen molar-refractivity contribution >= 4 is 22.4 Å². The third kappa shape index (κ3) is 3.42. The normalized spacial score (nSPS) is 14.2. The number of fused-ring (bicyclic) bond motifs is 2. The molecule has 2 aromatic carbocycles. The topological polar surface area (TPSA) is 55.1 Å². The smallest absolute Gasteiger partial charge is 0.0900 e. The Labute approximate surface area is 186 Å². The minimum absolute atomic E-state index is 0.404. The van der Waals surface area contributed by atoms with Gasteiger partial charge in [-0.1, -0.05) is 30.3 Å². The second-order valence-electron chi connectivity index (χ2n) is 8.25. The molecule has 1 aliphatic heterocycles. The molecule has 5 heteroatoms. The molecule has 6 rings (SSSR count). The molecule has 0 spiro atoms.